The molecule has 6 nitrogen and oxygen atoms in total. The van der Waals surface area contributed by atoms with Crippen molar-refractivity contribution in [3.63, 3.8) is 0 Å². The second kappa shape index (κ2) is 13.3. The number of hydrogen-bond donors (Lipinski definition) is 1. The number of ether oxygens (including phenoxy) is 1. The third kappa shape index (κ3) is 7.56. The van der Waals surface area contributed by atoms with Gasteiger partial charge in [-0.15, -0.1) is 0 Å². The molecule has 0 amide bonds. The van der Waals surface area contributed by atoms with E-state index in [-0.39, 0.29) is 6.04 Å². The van der Waals surface area contributed by atoms with Crippen LogP contribution in [0.2, 0.25) is 0 Å². The lowest BCUT2D eigenvalue weighted by Gasteiger charge is -2.32. The Morgan fingerprint density at radius 3 is 1.94 bits per heavy atom. The van der Waals surface area contributed by atoms with Gasteiger partial charge in [0.05, 0.1) is 37.7 Å². The Kier molecular flexibility index (Phi) is 11.1. The third-order valence-electron chi connectivity index (χ3n) is 5.67. The SMILES string of the molecule is CCOP(=O)(OCC)C(C)C(Nc1cccnc1)c1cc(CC(C)C)c(OC)c(CC(C)C)c1. The maximum absolute atomic E-state index is 13.8. The molecule has 0 bridgehead atoms. The molecule has 2 rings (SSSR count). The predicted molar refractivity (Wildman–Crippen MR) is 141 cm³/mol. The topological polar surface area (TPSA) is 69.7 Å². The lowest BCUT2D eigenvalue weighted by atomic mass is 9.90. The van der Waals surface area contributed by atoms with Gasteiger partial charge in [-0.1, -0.05) is 27.7 Å². The summed E-state index contributed by atoms with van der Waals surface area (Å²) in [5.74, 6) is 1.89. The Hall–Kier alpha value is -1.88. The summed E-state index contributed by atoms with van der Waals surface area (Å²) in [6.07, 6.45) is 5.30. The smallest absolute Gasteiger partial charge is 0.335 e. The lowest BCUT2D eigenvalue weighted by Crippen LogP contribution is -2.26. The van der Waals surface area contributed by atoms with Gasteiger partial charge in [-0.3, -0.25) is 9.55 Å². The highest BCUT2D eigenvalue weighted by Crippen LogP contribution is 2.57. The fraction of sp³-hybridized carbons (Fsp3) is 0.593. The predicted octanol–water partition coefficient (Wildman–Crippen LogP) is 7.30. The maximum atomic E-state index is 13.8. The summed E-state index contributed by atoms with van der Waals surface area (Å²) in [5.41, 5.74) is 3.80. The van der Waals surface area contributed by atoms with E-state index in [2.05, 4.69) is 50.1 Å². The van der Waals surface area contributed by atoms with Crippen LogP contribution in [0, 0.1) is 11.8 Å². The quantitative estimate of drug-likeness (QED) is 0.280. The van der Waals surface area contributed by atoms with E-state index in [4.69, 9.17) is 13.8 Å². The summed E-state index contributed by atoms with van der Waals surface area (Å²) in [5, 5.41) is 3.58. The van der Waals surface area contributed by atoms with Gasteiger partial charge in [-0.25, -0.2) is 0 Å². The fourth-order valence-corrected chi connectivity index (χ4v) is 6.21. The summed E-state index contributed by atoms with van der Waals surface area (Å²) in [4.78, 5) is 4.25. The van der Waals surface area contributed by atoms with E-state index in [1.807, 2.05) is 32.9 Å². The Labute approximate surface area is 206 Å². The summed E-state index contributed by atoms with van der Waals surface area (Å²) < 4.78 is 31.3. The van der Waals surface area contributed by atoms with Crippen LogP contribution in [-0.2, 0) is 26.5 Å². The average molecular weight is 491 g/mol. The second-order valence-corrected chi connectivity index (χ2v) is 12.0. The van der Waals surface area contributed by atoms with Crippen LogP contribution in [0.1, 0.15) is 71.2 Å². The van der Waals surface area contributed by atoms with Gasteiger partial charge in [-0.2, -0.15) is 0 Å². The zero-order valence-electron chi connectivity index (χ0n) is 22.1. The first kappa shape index (κ1) is 28.4. The molecule has 0 aliphatic carbocycles. The van der Waals surface area contributed by atoms with Crippen molar-refractivity contribution in [1.29, 1.82) is 0 Å². The highest BCUT2D eigenvalue weighted by atomic mass is 31.2. The molecule has 1 aromatic heterocycles. The van der Waals surface area contributed by atoms with E-state index in [9.17, 15) is 4.57 Å². The number of benzene rings is 1. The molecule has 0 aliphatic heterocycles. The molecule has 0 saturated heterocycles. The number of rotatable bonds is 14. The molecule has 0 radical (unpaired) electrons. The lowest BCUT2D eigenvalue weighted by molar-refractivity contribution is 0.211. The van der Waals surface area contributed by atoms with Crippen LogP contribution in [0.25, 0.3) is 0 Å². The highest BCUT2D eigenvalue weighted by Gasteiger charge is 2.39. The molecule has 2 atom stereocenters. The van der Waals surface area contributed by atoms with Crippen molar-refractivity contribution in [2.45, 2.75) is 73.0 Å². The van der Waals surface area contributed by atoms with Crippen LogP contribution < -0.4 is 10.1 Å². The molecule has 0 aliphatic rings. The van der Waals surface area contributed by atoms with Gasteiger partial charge >= 0.3 is 7.60 Å². The van der Waals surface area contributed by atoms with Crippen molar-refractivity contribution in [3.05, 3.63) is 53.3 Å². The number of nitrogens with zero attached hydrogens (tertiary/aromatic N) is 1. The van der Waals surface area contributed by atoms with E-state index in [1.54, 1.807) is 19.5 Å². The molecule has 190 valence electrons. The van der Waals surface area contributed by atoms with Crippen molar-refractivity contribution < 1.29 is 18.3 Å². The molecule has 0 fully saturated rings. The largest absolute Gasteiger partial charge is 0.496 e. The highest BCUT2D eigenvalue weighted by molar-refractivity contribution is 7.54. The summed E-state index contributed by atoms with van der Waals surface area (Å²) >= 11 is 0. The van der Waals surface area contributed by atoms with Crippen molar-refractivity contribution in [3.8, 4) is 5.75 Å². The Balaban J connectivity index is 2.69. The van der Waals surface area contributed by atoms with E-state index in [1.165, 1.54) is 11.1 Å². The van der Waals surface area contributed by atoms with Crippen molar-refractivity contribution in [2.24, 2.45) is 11.8 Å². The number of pyridine rings is 1. The maximum Gasteiger partial charge on any atom is 0.335 e. The summed E-state index contributed by atoms with van der Waals surface area (Å²) in [6, 6.07) is 7.92. The molecule has 34 heavy (non-hydrogen) atoms. The van der Waals surface area contributed by atoms with Crippen molar-refractivity contribution in [2.75, 3.05) is 25.6 Å². The molecule has 1 heterocycles. The average Bonchev–Trinajstić information content (AvgIpc) is 2.77. The van der Waals surface area contributed by atoms with Crippen LogP contribution in [0.15, 0.2) is 36.7 Å². The first-order valence-corrected chi connectivity index (χ1v) is 14.0. The number of methoxy groups -OCH3 is 1. The van der Waals surface area contributed by atoms with Crippen LogP contribution in [-0.4, -0.2) is 31.0 Å². The fourth-order valence-electron chi connectivity index (χ4n) is 4.33. The molecule has 0 saturated carbocycles. The Morgan fingerprint density at radius 1 is 0.971 bits per heavy atom. The van der Waals surface area contributed by atoms with Crippen molar-refractivity contribution >= 4 is 13.3 Å². The summed E-state index contributed by atoms with van der Waals surface area (Å²) in [7, 11) is -1.64. The van der Waals surface area contributed by atoms with E-state index in [0.717, 1.165) is 29.8 Å². The normalized spacial score (nSPS) is 13.8. The Morgan fingerprint density at radius 2 is 1.53 bits per heavy atom. The second-order valence-electron chi connectivity index (χ2n) is 9.55. The molecule has 7 heteroatoms. The van der Waals surface area contributed by atoms with Gasteiger partial charge in [0.15, 0.2) is 0 Å². The minimum atomic E-state index is -3.39. The first-order valence-electron chi connectivity index (χ1n) is 12.4. The van der Waals surface area contributed by atoms with Gasteiger partial charge in [0, 0.05) is 12.4 Å². The van der Waals surface area contributed by atoms with Crippen molar-refractivity contribution in [1.82, 2.24) is 4.98 Å². The van der Waals surface area contributed by atoms with Gasteiger partial charge in [0.25, 0.3) is 0 Å². The van der Waals surface area contributed by atoms with Gasteiger partial charge in [0.2, 0.25) is 0 Å². The standard InChI is InChI=1S/C27H43N2O4P/c1-9-32-34(30,33-10-2)21(7)26(29-25-12-11-13-28-18-25)22-16-23(14-19(3)4)27(31-8)24(17-22)15-20(5)6/h11-13,16-21,26,29H,9-10,14-15H2,1-8H3. The van der Waals surface area contributed by atoms with Crippen LogP contribution in [0.4, 0.5) is 5.69 Å². The minimum Gasteiger partial charge on any atom is -0.496 e. The number of nitrogens with one attached hydrogen (secondary N) is 1. The van der Waals surface area contributed by atoms with Gasteiger partial charge in [-0.05, 0) is 86.4 Å². The third-order valence-corrected chi connectivity index (χ3v) is 8.20. The number of aromatic nitrogens is 1. The van der Waals surface area contributed by atoms with Gasteiger partial charge in [0.1, 0.15) is 5.75 Å². The van der Waals surface area contributed by atoms with E-state index >= 15 is 0 Å². The Bertz CT molecular complexity index is 892. The number of anilines is 1. The van der Waals surface area contributed by atoms with E-state index < -0.39 is 13.3 Å². The van der Waals surface area contributed by atoms with E-state index in [0.29, 0.717) is 25.0 Å². The molecule has 2 unspecified atom stereocenters. The van der Waals surface area contributed by atoms with Crippen LogP contribution in [0.5, 0.6) is 5.75 Å². The monoisotopic (exact) mass is 490 g/mol. The molecule has 2 aromatic rings. The zero-order chi connectivity index (χ0) is 25.3. The molecular formula is C27H43N2O4P. The minimum absolute atomic E-state index is 0.309. The first-order chi connectivity index (χ1) is 16.1. The zero-order valence-corrected chi connectivity index (χ0v) is 23.0. The van der Waals surface area contributed by atoms with Crippen LogP contribution >= 0.6 is 7.60 Å². The molecular weight excluding hydrogens is 447 g/mol. The number of hydrogen-bond acceptors (Lipinski definition) is 6. The molecule has 1 aromatic carbocycles. The van der Waals surface area contributed by atoms with Gasteiger partial charge < -0.3 is 19.1 Å². The molecule has 1 N–H and O–H groups in total. The summed E-state index contributed by atoms with van der Waals surface area (Å²) in [6.45, 7) is 15.1. The molecule has 0 spiro atoms. The van der Waals surface area contributed by atoms with Crippen LogP contribution in [0.3, 0.4) is 0 Å².